The minimum absolute atomic E-state index is 0. The van der Waals surface area contributed by atoms with Crippen LogP contribution in [0.3, 0.4) is 0 Å². The van der Waals surface area contributed by atoms with Gasteiger partial charge in [0, 0.05) is 31.9 Å². The van der Waals surface area contributed by atoms with Gasteiger partial charge in [-0.15, -0.1) is 12.4 Å². The van der Waals surface area contributed by atoms with E-state index in [4.69, 9.17) is 9.47 Å². The number of anilines is 1. The predicted octanol–water partition coefficient (Wildman–Crippen LogP) is 2.94. The first-order chi connectivity index (χ1) is 13.6. The number of nitrogens with one attached hydrogen (secondary N) is 1. The van der Waals surface area contributed by atoms with Gasteiger partial charge in [0.05, 0.1) is 26.3 Å². The zero-order valence-electron chi connectivity index (χ0n) is 16.6. The SMILES string of the molecule is COC(=O)c1ccc(CN(C(=O)N2CCNCC2)c2ccc(OC)cc2)cc1.Cl. The second-order valence-corrected chi connectivity index (χ2v) is 6.49. The molecule has 1 saturated heterocycles. The summed E-state index contributed by atoms with van der Waals surface area (Å²) >= 11 is 0. The van der Waals surface area contributed by atoms with Crippen LogP contribution in [0.4, 0.5) is 10.5 Å². The molecule has 2 aromatic rings. The van der Waals surface area contributed by atoms with Gasteiger partial charge in [-0.25, -0.2) is 9.59 Å². The number of urea groups is 1. The molecule has 1 fully saturated rings. The van der Waals surface area contributed by atoms with Crippen LogP contribution < -0.4 is 15.0 Å². The Morgan fingerprint density at radius 1 is 1.00 bits per heavy atom. The van der Waals surface area contributed by atoms with Gasteiger partial charge in [0.25, 0.3) is 0 Å². The Morgan fingerprint density at radius 3 is 2.17 bits per heavy atom. The fourth-order valence-electron chi connectivity index (χ4n) is 3.11. The predicted molar refractivity (Wildman–Crippen MR) is 114 cm³/mol. The van der Waals surface area contributed by atoms with E-state index in [0.29, 0.717) is 25.2 Å². The number of carbonyl (C=O) groups is 2. The van der Waals surface area contributed by atoms with E-state index < -0.39 is 0 Å². The first kappa shape index (κ1) is 22.5. The van der Waals surface area contributed by atoms with Crippen LogP contribution in [-0.2, 0) is 11.3 Å². The zero-order valence-corrected chi connectivity index (χ0v) is 17.4. The number of ether oxygens (including phenoxy) is 2. The molecule has 0 unspecified atom stereocenters. The monoisotopic (exact) mass is 419 g/mol. The van der Waals surface area contributed by atoms with Gasteiger partial charge in [0.15, 0.2) is 0 Å². The van der Waals surface area contributed by atoms with Gasteiger partial charge in [-0.3, -0.25) is 4.90 Å². The van der Waals surface area contributed by atoms with Gasteiger partial charge in [0.1, 0.15) is 5.75 Å². The molecule has 0 atom stereocenters. The number of carbonyl (C=O) groups excluding carboxylic acids is 2. The summed E-state index contributed by atoms with van der Waals surface area (Å²) in [4.78, 5) is 28.4. The second kappa shape index (κ2) is 10.7. The standard InChI is InChI=1S/C21H25N3O4.ClH/c1-27-19-9-7-18(8-10-19)24(21(26)23-13-11-22-12-14-23)15-16-3-5-17(6-4-16)20(25)28-2;/h3-10,22H,11-15H2,1-2H3;1H. The van der Waals surface area contributed by atoms with Crippen LogP contribution in [0.1, 0.15) is 15.9 Å². The first-order valence-electron chi connectivity index (χ1n) is 9.21. The molecule has 0 bridgehead atoms. The third-order valence-corrected chi connectivity index (χ3v) is 4.72. The third kappa shape index (κ3) is 5.62. The van der Waals surface area contributed by atoms with Gasteiger partial charge >= 0.3 is 12.0 Å². The van der Waals surface area contributed by atoms with Crippen molar-refractivity contribution < 1.29 is 19.1 Å². The number of halogens is 1. The van der Waals surface area contributed by atoms with E-state index in [1.807, 2.05) is 41.3 Å². The van der Waals surface area contributed by atoms with Crippen LogP contribution in [0.2, 0.25) is 0 Å². The minimum Gasteiger partial charge on any atom is -0.497 e. The Morgan fingerprint density at radius 2 is 1.62 bits per heavy atom. The van der Waals surface area contributed by atoms with Gasteiger partial charge in [0.2, 0.25) is 0 Å². The van der Waals surface area contributed by atoms with Gasteiger partial charge in [-0.2, -0.15) is 0 Å². The molecule has 7 nitrogen and oxygen atoms in total. The third-order valence-electron chi connectivity index (χ3n) is 4.72. The Balaban J connectivity index is 0.00000300. The lowest BCUT2D eigenvalue weighted by Gasteiger charge is -2.33. The number of piperazine rings is 1. The maximum atomic E-state index is 13.2. The number of nitrogens with zero attached hydrogens (tertiary/aromatic N) is 2. The second-order valence-electron chi connectivity index (χ2n) is 6.49. The molecule has 1 aliphatic heterocycles. The molecule has 1 N–H and O–H groups in total. The molecular formula is C21H26ClN3O4. The summed E-state index contributed by atoms with van der Waals surface area (Å²) in [6.07, 6.45) is 0. The molecule has 2 amide bonds. The molecule has 0 radical (unpaired) electrons. The maximum absolute atomic E-state index is 13.2. The molecule has 29 heavy (non-hydrogen) atoms. The number of rotatable bonds is 5. The number of amides is 2. The molecule has 0 saturated carbocycles. The summed E-state index contributed by atoms with van der Waals surface area (Å²) in [6.45, 7) is 3.32. The summed E-state index contributed by atoms with van der Waals surface area (Å²) < 4.78 is 9.96. The van der Waals surface area contributed by atoms with E-state index in [9.17, 15) is 9.59 Å². The summed E-state index contributed by atoms with van der Waals surface area (Å²) in [5.41, 5.74) is 2.20. The molecule has 2 aromatic carbocycles. The highest BCUT2D eigenvalue weighted by Crippen LogP contribution is 2.23. The number of benzene rings is 2. The van der Waals surface area contributed by atoms with Crippen molar-refractivity contribution in [1.29, 1.82) is 0 Å². The van der Waals surface area contributed by atoms with Crippen molar-refractivity contribution in [3.63, 3.8) is 0 Å². The molecule has 1 heterocycles. The average molecular weight is 420 g/mol. The largest absolute Gasteiger partial charge is 0.497 e. The molecule has 3 rings (SSSR count). The van der Waals surface area contributed by atoms with Crippen molar-refractivity contribution in [2.75, 3.05) is 45.3 Å². The normalized spacial score (nSPS) is 13.2. The number of hydrogen-bond acceptors (Lipinski definition) is 5. The van der Waals surface area contributed by atoms with E-state index in [-0.39, 0.29) is 24.4 Å². The van der Waals surface area contributed by atoms with Gasteiger partial charge in [-0.05, 0) is 42.0 Å². The smallest absolute Gasteiger partial charge is 0.337 e. The Bertz CT molecular complexity index is 806. The zero-order chi connectivity index (χ0) is 19.9. The van der Waals surface area contributed by atoms with Gasteiger partial charge < -0.3 is 19.7 Å². The Kier molecular flexibility index (Phi) is 8.30. The topological polar surface area (TPSA) is 71.1 Å². The average Bonchev–Trinajstić information content (AvgIpc) is 2.77. The summed E-state index contributed by atoms with van der Waals surface area (Å²) in [5, 5.41) is 3.26. The summed E-state index contributed by atoms with van der Waals surface area (Å²) in [6, 6.07) is 14.5. The molecular weight excluding hydrogens is 394 g/mol. The molecule has 0 spiro atoms. The van der Waals surface area contributed by atoms with Crippen molar-refractivity contribution in [2.24, 2.45) is 0 Å². The van der Waals surface area contributed by atoms with Crippen LogP contribution in [0, 0.1) is 0 Å². The molecule has 1 aliphatic rings. The highest BCUT2D eigenvalue weighted by Gasteiger charge is 2.24. The van der Waals surface area contributed by atoms with Crippen molar-refractivity contribution >= 4 is 30.1 Å². The lowest BCUT2D eigenvalue weighted by Crippen LogP contribution is -2.51. The van der Waals surface area contributed by atoms with E-state index in [0.717, 1.165) is 30.1 Å². The number of hydrogen-bond donors (Lipinski definition) is 1. The molecule has 156 valence electrons. The molecule has 0 aromatic heterocycles. The number of esters is 1. The first-order valence-corrected chi connectivity index (χ1v) is 9.21. The van der Waals surface area contributed by atoms with Crippen molar-refractivity contribution in [3.05, 3.63) is 59.7 Å². The number of methoxy groups -OCH3 is 2. The van der Waals surface area contributed by atoms with Crippen LogP contribution in [-0.4, -0.2) is 57.3 Å². The Labute approximate surface area is 177 Å². The van der Waals surface area contributed by atoms with Crippen molar-refractivity contribution in [3.8, 4) is 5.75 Å². The fraction of sp³-hybridized carbons (Fsp3) is 0.333. The quantitative estimate of drug-likeness (QED) is 0.754. The van der Waals surface area contributed by atoms with E-state index in [1.54, 1.807) is 24.1 Å². The van der Waals surface area contributed by atoms with Crippen LogP contribution in [0.5, 0.6) is 5.75 Å². The van der Waals surface area contributed by atoms with Gasteiger partial charge in [-0.1, -0.05) is 12.1 Å². The lowest BCUT2D eigenvalue weighted by molar-refractivity contribution is 0.0600. The van der Waals surface area contributed by atoms with Crippen LogP contribution >= 0.6 is 12.4 Å². The van der Waals surface area contributed by atoms with E-state index >= 15 is 0 Å². The molecule has 8 heteroatoms. The Hall–Kier alpha value is -2.77. The van der Waals surface area contributed by atoms with E-state index in [2.05, 4.69) is 5.32 Å². The van der Waals surface area contributed by atoms with E-state index in [1.165, 1.54) is 7.11 Å². The summed E-state index contributed by atoms with van der Waals surface area (Å²) in [7, 11) is 2.97. The van der Waals surface area contributed by atoms with Crippen LogP contribution in [0.15, 0.2) is 48.5 Å². The molecule has 0 aliphatic carbocycles. The highest BCUT2D eigenvalue weighted by molar-refractivity contribution is 5.92. The lowest BCUT2D eigenvalue weighted by atomic mass is 10.1. The van der Waals surface area contributed by atoms with Crippen molar-refractivity contribution in [2.45, 2.75) is 6.54 Å². The highest BCUT2D eigenvalue weighted by atomic mass is 35.5. The van der Waals surface area contributed by atoms with Crippen molar-refractivity contribution in [1.82, 2.24) is 10.2 Å². The maximum Gasteiger partial charge on any atom is 0.337 e. The fourth-order valence-corrected chi connectivity index (χ4v) is 3.11. The minimum atomic E-state index is -0.379. The van der Waals surface area contributed by atoms with Crippen LogP contribution in [0.25, 0.3) is 0 Å². The summed E-state index contributed by atoms with van der Waals surface area (Å²) in [5.74, 6) is 0.358.